The van der Waals surface area contributed by atoms with E-state index in [-0.39, 0.29) is 0 Å². The van der Waals surface area contributed by atoms with E-state index in [1.165, 1.54) is 0 Å². The largest absolute Gasteiger partial charge is 0.479 e. The zero-order valence-electron chi connectivity index (χ0n) is 41.7. The molecule has 0 aromatic rings. The van der Waals surface area contributed by atoms with Gasteiger partial charge < -0.3 is 155 Å². The smallest absolute Gasteiger partial charge is 0.335 e. The van der Waals surface area contributed by atoms with Crippen LogP contribution in [-0.2, 0) is 76.1 Å². The zero-order valence-corrected chi connectivity index (χ0v) is 41.7. The third kappa shape index (κ3) is 14.9. The van der Waals surface area contributed by atoms with Crippen molar-refractivity contribution in [3.05, 3.63) is 0 Å². The van der Waals surface area contributed by atoms with Crippen LogP contribution in [-0.4, -0.2) is 332 Å². The van der Waals surface area contributed by atoms with E-state index in [1.807, 2.05) is 0 Å². The topological polar surface area (TPSA) is 595 Å². The molecule has 5 heterocycles. The van der Waals surface area contributed by atoms with Crippen LogP contribution in [0.5, 0.6) is 0 Å². The first kappa shape index (κ1) is 65.6. The Balaban J connectivity index is 1.42. The highest BCUT2D eigenvalue weighted by Gasteiger charge is 2.59. The quantitative estimate of drug-likeness (QED) is 0.0452. The first-order valence-electron chi connectivity index (χ1n) is 24.0. The van der Waals surface area contributed by atoms with Crippen LogP contribution in [0.3, 0.4) is 0 Å². The van der Waals surface area contributed by atoms with Gasteiger partial charge in [-0.25, -0.2) is 14.4 Å². The van der Waals surface area contributed by atoms with Gasteiger partial charge in [-0.05, 0) is 0 Å². The number of amides is 3. The number of rotatable bonds is 23. The molecule has 454 valence electrons. The normalized spacial score (nSPS) is 42.4. The molecule has 5 rings (SSSR count). The van der Waals surface area contributed by atoms with Crippen molar-refractivity contribution in [2.24, 2.45) is 0 Å². The maximum absolute atomic E-state index is 12.9. The molecule has 0 saturated carbocycles. The second-order valence-corrected chi connectivity index (χ2v) is 18.8. The lowest BCUT2D eigenvalue weighted by Gasteiger charge is -2.50. The molecule has 0 aromatic carbocycles. The molecule has 5 aliphatic rings. The van der Waals surface area contributed by atoms with Gasteiger partial charge >= 0.3 is 17.9 Å². The van der Waals surface area contributed by atoms with E-state index in [0.717, 1.165) is 20.8 Å². The Bertz CT molecular complexity index is 2070. The van der Waals surface area contributed by atoms with Gasteiger partial charge in [-0.2, -0.15) is 0 Å². The lowest BCUT2D eigenvalue weighted by Crippen LogP contribution is -2.71. The molecule has 0 bridgehead atoms. The van der Waals surface area contributed by atoms with E-state index in [0.29, 0.717) is 0 Å². The molecule has 0 aliphatic carbocycles. The fraction of sp³-hybridized carbons (Fsp3) is 0.857. The minimum absolute atomic E-state index is 0.832. The van der Waals surface area contributed by atoms with Gasteiger partial charge in [-0.3, -0.25) is 14.4 Å². The number of hydrogen-bond donors (Lipinski definition) is 21. The van der Waals surface area contributed by atoms with Crippen molar-refractivity contribution in [3.8, 4) is 0 Å². The van der Waals surface area contributed by atoms with Crippen molar-refractivity contribution >= 4 is 35.6 Å². The summed E-state index contributed by atoms with van der Waals surface area (Å²) in [6.45, 7) is -1.71. The molecule has 0 spiro atoms. The third-order valence-corrected chi connectivity index (χ3v) is 13.2. The number of carboxylic acid groups (broad SMARTS) is 3. The number of carboxylic acids is 3. The molecular formula is C42H67N3O34. The third-order valence-electron chi connectivity index (χ3n) is 13.2. The molecule has 37 nitrogen and oxygen atoms in total. The molecule has 0 radical (unpaired) electrons. The lowest BCUT2D eigenvalue weighted by atomic mass is 9.93. The molecule has 5 fully saturated rings. The average molecular weight is 1160 g/mol. The summed E-state index contributed by atoms with van der Waals surface area (Å²) in [7, 11) is 0. The van der Waals surface area contributed by atoms with Gasteiger partial charge in [-0.15, -0.1) is 0 Å². The lowest BCUT2D eigenvalue weighted by molar-refractivity contribution is -0.375. The van der Waals surface area contributed by atoms with Crippen molar-refractivity contribution in [1.29, 1.82) is 0 Å². The summed E-state index contributed by atoms with van der Waals surface area (Å²) < 4.78 is 55.8. The van der Waals surface area contributed by atoms with Crippen LogP contribution in [0.1, 0.15) is 20.8 Å². The van der Waals surface area contributed by atoms with E-state index in [4.69, 9.17) is 47.4 Å². The molecule has 21 N–H and O–H groups in total. The molecule has 0 unspecified atom stereocenters. The number of aliphatic hydroxyl groups is 15. The predicted octanol–water partition coefficient (Wildman–Crippen LogP) is -13.8. The van der Waals surface area contributed by atoms with Gasteiger partial charge in [0, 0.05) is 20.8 Å². The summed E-state index contributed by atoms with van der Waals surface area (Å²) in [5.74, 6) is -8.67. The molecule has 5 saturated heterocycles. The Labute approximate surface area is 444 Å². The van der Waals surface area contributed by atoms with Gasteiger partial charge in [0.15, 0.2) is 49.8 Å². The first-order chi connectivity index (χ1) is 37.0. The maximum atomic E-state index is 12.9. The minimum Gasteiger partial charge on any atom is -0.479 e. The van der Waals surface area contributed by atoms with E-state index >= 15 is 0 Å². The number of aliphatic hydroxyl groups excluding tert-OH is 15. The Morgan fingerprint density at radius 3 is 1.19 bits per heavy atom. The van der Waals surface area contributed by atoms with Crippen LogP contribution in [0.25, 0.3) is 0 Å². The summed E-state index contributed by atoms with van der Waals surface area (Å²) in [4.78, 5) is 74.6. The predicted molar refractivity (Wildman–Crippen MR) is 238 cm³/mol. The number of aliphatic carboxylic acids is 3. The van der Waals surface area contributed by atoms with Crippen molar-refractivity contribution < 1.29 is 168 Å². The van der Waals surface area contributed by atoms with Gasteiger partial charge in [-0.1, -0.05) is 0 Å². The van der Waals surface area contributed by atoms with Crippen molar-refractivity contribution in [1.82, 2.24) is 16.0 Å². The number of nitrogens with one attached hydrogen (secondary N) is 3. The Morgan fingerprint density at radius 1 is 0.443 bits per heavy atom. The highest BCUT2D eigenvalue weighted by Crippen LogP contribution is 2.37. The molecule has 29 atom stereocenters. The standard InChI is InChI=1S/C42H67N3O34/c1-8(50)43-11(4-46)27(17(54)12(53)5-47)72-41-25(62)22(59)30(33(78-41)36(66)67)75-39-16(45-10(3)52)29(19(56)14(7-49)71-39)74-42-26(63)23(60)31(34(79-42)37(68)69)76-38-15(44-9(2)51)28(18(55)13(6-48)70-38)73-40-24(61)20(57)21(58)32(77-40)35(64)65/h11-34,38-42,46-49,53-63H,4-7H2,1-3H3,(H,43,50)(H,44,51)(H,45,52)(H,64,65)(H,66,67)(H,68,69)/t11-,12+,13+,14+,15+,16+,17+,18+,19+,20-,21-,22+,23+,24+,25+,26+,27+,28+,29+,30-,31-,32-,33-,34-,38-,39-,40+,41+,42+/m0/s1. The van der Waals surface area contributed by atoms with Gasteiger partial charge in [0.1, 0.15) is 122 Å². The van der Waals surface area contributed by atoms with Crippen LogP contribution in [0.15, 0.2) is 0 Å². The highest BCUT2D eigenvalue weighted by atomic mass is 16.8. The number of ether oxygens (including phenoxy) is 10. The first-order valence-corrected chi connectivity index (χ1v) is 24.0. The Kier molecular flexibility index (Phi) is 23.4. The van der Waals surface area contributed by atoms with Gasteiger partial charge in [0.05, 0.1) is 32.5 Å². The molecular weight excluding hydrogens is 1090 g/mol. The fourth-order valence-corrected chi connectivity index (χ4v) is 9.24. The molecule has 0 aromatic heterocycles. The second-order valence-electron chi connectivity index (χ2n) is 18.8. The zero-order chi connectivity index (χ0) is 59.2. The fourth-order valence-electron chi connectivity index (χ4n) is 9.24. The Hall–Kier alpha value is -4.18. The second kappa shape index (κ2) is 28.2. The molecule has 79 heavy (non-hydrogen) atoms. The van der Waals surface area contributed by atoms with E-state index in [2.05, 4.69) is 16.0 Å². The number of hydrogen-bond acceptors (Lipinski definition) is 31. The van der Waals surface area contributed by atoms with Crippen LogP contribution in [0.2, 0.25) is 0 Å². The highest BCUT2D eigenvalue weighted by molar-refractivity contribution is 5.75. The molecule has 37 heteroatoms. The summed E-state index contributed by atoms with van der Waals surface area (Å²) in [5, 5.41) is 197. The molecule has 5 aliphatic heterocycles. The van der Waals surface area contributed by atoms with E-state index in [9.17, 15) is 121 Å². The van der Waals surface area contributed by atoms with Gasteiger partial charge in [0.2, 0.25) is 17.7 Å². The van der Waals surface area contributed by atoms with Crippen LogP contribution in [0.4, 0.5) is 0 Å². The average Bonchev–Trinajstić information content (AvgIpc) is 3.43. The molecule has 3 amide bonds. The Morgan fingerprint density at radius 2 is 0.823 bits per heavy atom. The number of carbonyl (C=O) groups is 6. The van der Waals surface area contributed by atoms with Crippen LogP contribution < -0.4 is 16.0 Å². The summed E-state index contributed by atoms with van der Waals surface area (Å²) in [6.07, 6.45) is -58.6. The summed E-state index contributed by atoms with van der Waals surface area (Å²) in [6, 6.07) is -5.61. The summed E-state index contributed by atoms with van der Waals surface area (Å²) in [5.41, 5.74) is 0. The monoisotopic (exact) mass is 1160 g/mol. The SMILES string of the molecule is CC(=O)N[C@H]1[C@H](O[C@H]2[C@H](O)[C@@H](O)[C@H](O[C@H]3[C@H](O)[C@@H](CO)O[C@@H](O[C@H]4[C@H](O)[C@@H](O)[C@H](O[C@@H]([C@H](O)[C@H](O)CO)[C@H](CO)NC(C)=O)O[C@@H]4C(=O)O)[C@@H]3NC(C)=O)O[C@@H]2C(=O)O)O[C@H](CO)[C@@H](O)[C@@H]1O[C@@H]1O[C@H](C(=O)O)[C@@H](O)[C@H](O)[C@H]1O. The van der Waals surface area contributed by atoms with Gasteiger partial charge in [0.25, 0.3) is 0 Å². The van der Waals surface area contributed by atoms with Crippen LogP contribution in [0, 0.1) is 0 Å². The van der Waals surface area contributed by atoms with Crippen molar-refractivity contribution in [2.75, 3.05) is 26.4 Å². The maximum Gasteiger partial charge on any atom is 0.335 e. The van der Waals surface area contributed by atoms with Crippen molar-refractivity contribution in [2.45, 2.75) is 199 Å². The van der Waals surface area contributed by atoms with E-state index in [1.54, 1.807) is 0 Å². The summed E-state index contributed by atoms with van der Waals surface area (Å²) >= 11 is 0. The minimum atomic E-state index is -2.53. The van der Waals surface area contributed by atoms with Crippen LogP contribution >= 0.6 is 0 Å². The number of carbonyl (C=O) groups excluding carboxylic acids is 3. The van der Waals surface area contributed by atoms with E-state index < -0.39 is 240 Å². The van der Waals surface area contributed by atoms with Crippen molar-refractivity contribution in [3.63, 3.8) is 0 Å².